The second kappa shape index (κ2) is 16.1. The van der Waals surface area contributed by atoms with Crippen LogP contribution < -0.4 is 4.90 Å². The van der Waals surface area contributed by atoms with Crippen molar-refractivity contribution in [1.82, 2.24) is 0 Å². The topological polar surface area (TPSA) is 3.24 Å². The minimum absolute atomic E-state index is 0.487. The molecule has 4 aliphatic rings. The highest BCUT2D eigenvalue weighted by molar-refractivity contribution is 5.98. The summed E-state index contributed by atoms with van der Waals surface area (Å²) in [5, 5.41) is 0. The van der Waals surface area contributed by atoms with Crippen LogP contribution in [0, 0.1) is 11.8 Å². The maximum Gasteiger partial charge on any atom is 0.0726 e. The van der Waals surface area contributed by atoms with E-state index < -0.39 is 5.41 Å². The van der Waals surface area contributed by atoms with Gasteiger partial charge in [0.15, 0.2) is 0 Å². The average molecular weight is 882 g/mol. The van der Waals surface area contributed by atoms with Crippen molar-refractivity contribution in [3.8, 4) is 66.8 Å². The first-order chi connectivity index (χ1) is 34.2. The van der Waals surface area contributed by atoms with Crippen molar-refractivity contribution in [2.75, 3.05) is 4.90 Å². The molecule has 10 aromatic carbocycles. The van der Waals surface area contributed by atoms with Crippen molar-refractivity contribution in [3.05, 3.63) is 270 Å². The second-order valence-electron chi connectivity index (χ2n) is 19.9. The molecular formula is C68H51N. The first-order valence-corrected chi connectivity index (χ1v) is 25.0. The molecule has 0 aliphatic heterocycles. The highest BCUT2D eigenvalue weighted by Crippen LogP contribution is 2.64. The van der Waals surface area contributed by atoms with Crippen molar-refractivity contribution in [1.29, 1.82) is 0 Å². The van der Waals surface area contributed by atoms with Crippen molar-refractivity contribution >= 4 is 17.1 Å². The summed E-state index contributed by atoms with van der Waals surface area (Å²) in [4.78, 5) is 2.50. The Morgan fingerprint density at radius 2 is 0.754 bits per heavy atom. The van der Waals surface area contributed by atoms with Gasteiger partial charge in [0, 0.05) is 17.1 Å². The smallest absolute Gasteiger partial charge is 0.0726 e. The lowest BCUT2D eigenvalue weighted by Crippen LogP contribution is -2.26. The average Bonchev–Trinajstić information content (AvgIpc) is 4.21. The molecule has 0 radical (unpaired) electrons. The fourth-order valence-electron chi connectivity index (χ4n) is 13.4. The van der Waals surface area contributed by atoms with Gasteiger partial charge in [-0.3, -0.25) is 0 Å². The molecule has 10 aromatic rings. The first kappa shape index (κ1) is 40.1. The van der Waals surface area contributed by atoms with E-state index in [4.69, 9.17) is 0 Å². The molecule has 2 bridgehead atoms. The highest BCUT2D eigenvalue weighted by Gasteiger charge is 2.52. The Kier molecular flexibility index (Phi) is 9.34. The summed E-state index contributed by atoms with van der Waals surface area (Å²) in [6.45, 7) is 0. The lowest BCUT2D eigenvalue weighted by atomic mass is 9.70. The van der Waals surface area contributed by atoms with Crippen LogP contribution in [0.3, 0.4) is 0 Å². The van der Waals surface area contributed by atoms with Crippen LogP contribution in [0.2, 0.25) is 0 Å². The summed E-state index contributed by atoms with van der Waals surface area (Å²) >= 11 is 0. The maximum atomic E-state index is 2.53. The van der Waals surface area contributed by atoms with Crippen LogP contribution in [0.1, 0.15) is 59.4 Å². The Morgan fingerprint density at radius 1 is 0.304 bits per heavy atom. The zero-order chi connectivity index (χ0) is 45.5. The quantitative estimate of drug-likeness (QED) is 0.147. The van der Waals surface area contributed by atoms with Gasteiger partial charge < -0.3 is 4.90 Å². The Bertz CT molecular complexity index is 3560. The fourth-order valence-corrected chi connectivity index (χ4v) is 13.4. The van der Waals surface area contributed by atoms with E-state index in [0.717, 1.165) is 23.2 Å². The van der Waals surface area contributed by atoms with Gasteiger partial charge in [0.05, 0.1) is 5.41 Å². The van der Waals surface area contributed by atoms with Gasteiger partial charge >= 0.3 is 0 Å². The summed E-state index contributed by atoms with van der Waals surface area (Å²) in [7, 11) is 0. The van der Waals surface area contributed by atoms with E-state index >= 15 is 0 Å². The number of hydrogen-bond donors (Lipinski definition) is 0. The van der Waals surface area contributed by atoms with Gasteiger partial charge in [-0.15, -0.1) is 0 Å². The van der Waals surface area contributed by atoms with Gasteiger partial charge in [-0.25, -0.2) is 0 Å². The number of nitrogens with zero attached hydrogens (tertiary/aromatic N) is 1. The van der Waals surface area contributed by atoms with Crippen molar-refractivity contribution < 1.29 is 0 Å². The molecule has 4 atom stereocenters. The van der Waals surface area contributed by atoms with E-state index in [0.29, 0.717) is 5.92 Å². The Labute approximate surface area is 406 Å². The molecule has 4 aliphatic carbocycles. The normalized spacial score (nSPS) is 19.0. The third-order valence-corrected chi connectivity index (χ3v) is 16.4. The van der Waals surface area contributed by atoms with Crippen LogP contribution in [0.5, 0.6) is 0 Å². The molecule has 1 spiro atoms. The van der Waals surface area contributed by atoms with E-state index in [1.165, 1.54) is 126 Å². The van der Waals surface area contributed by atoms with Gasteiger partial charge in [0.2, 0.25) is 0 Å². The molecule has 14 rings (SSSR count). The zero-order valence-electron chi connectivity index (χ0n) is 38.6. The van der Waals surface area contributed by atoms with Gasteiger partial charge in [0.25, 0.3) is 0 Å². The zero-order valence-corrected chi connectivity index (χ0v) is 38.6. The van der Waals surface area contributed by atoms with Crippen LogP contribution >= 0.6 is 0 Å². The maximum absolute atomic E-state index is 2.53. The minimum Gasteiger partial charge on any atom is -0.310 e. The number of rotatable bonds is 8. The molecule has 0 N–H and O–H groups in total. The number of hydrogen-bond acceptors (Lipinski definition) is 1. The summed E-state index contributed by atoms with van der Waals surface area (Å²) in [5.41, 5.74) is 24.9. The van der Waals surface area contributed by atoms with E-state index in [1.54, 1.807) is 0 Å². The monoisotopic (exact) mass is 881 g/mol. The molecule has 69 heavy (non-hydrogen) atoms. The van der Waals surface area contributed by atoms with Crippen molar-refractivity contribution in [2.24, 2.45) is 11.8 Å². The van der Waals surface area contributed by atoms with E-state index in [1.807, 2.05) is 0 Å². The first-order valence-electron chi connectivity index (χ1n) is 25.0. The highest BCUT2D eigenvalue weighted by atomic mass is 15.1. The van der Waals surface area contributed by atoms with Gasteiger partial charge in [-0.1, -0.05) is 207 Å². The van der Waals surface area contributed by atoms with Crippen LogP contribution in [0.4, 0.5) is 17.1 Å². The molecule has 4 unspecified atom stereocenters. The number of benzene rings is 10. The Balaban J connectivity index is 0.933. The molecule has 1 nitrogen and oxygen atoms in total. The van der Waals surface area contributed by atoms with Gasteiger partial charge in [0.1, 0.15) is 0 Å². The SMILES string of the molecule is c1ccc(-c2ccc3c(c2)C2(c4ccccc4-3)c3ccccc3-c3ccc(N(c4ccc(-c5ccccc5-c5ccccc5-c5ccccc5)cc4)c4ccc(C5CC6CCC5C6)cc4)cc32)cc1. The standard InChI is InChI=1S/C68H51N/c1-3-15-46(16-4-1)50-33-39-61-59-23-11-13-25-64(59)68(66(61)43-50)65-26-14-12-24-60(65)62-40-38-54(44-67(62)68)69(53-36-31-49(32-37-53)63-42-45-27-28-51(63)41-45)52-34-29-48(30-35-52)56-20-8-10-22-58(56)57-21-9-7-19-55(57)47-17-5-2-6-18-47/h1-26,29-40,43-45,51,63H,27-28,41-42H2. The third-order valence-electron chi connectivity index (χ3n) is 16.4. The van der Waals surface area contributed by atoms with E-state index in [2.05, 4.69) is 248 Å². The van der Waals surface area contributed by atoms with Crippen LogP contribution in [-0.2, 0) is 5.41 Å². The Morgan fingerprint density at radius 3 is 1.33 bits per heavy atom. The van der Waals surface area contributed by atoms with Crippen LogP contribution in [0.15, 0.2) is 243 Å². The third kappa shape index (κ3) is 6.30. The number of anilines is 3. The molecule has 0 heterocycles. The predicted octanol–water partition coefficient (Wildman–Crippen LogP) is 18.1. The predicted molar refractivity (Wildman–Crippen MR) is 287 cm³/mol. The molecule has 0 saturated heterocycles. The minimum atomic E-state index is -0.487. The summed E-state index contributed by atoms with van der Waals surface area (Å²) < 4.78 is 0. The second-order valence-corrected chi connectivity index (χ2v) is 19.9. The van der Waals surface area contributed by atoms with E-state index in [-0.39, 0.29) is 0 Å². The largest absolute Gasteiger partial charge is 0.310 e. The lowest BCUT2D eigenvalue weighted by molar-refractivity contribution is 0.420. The van der Waals surface area contributed by atoms with Crippen molar-refractivity contribution in [2.45, 2.75) is 37.0 Å². The summed E-state index contributed by atoms with van der Waals surface area (Å²) in [6, 6.07) is 91.2. The van der Waals surface area contributed by atoms with Gasteiger partial charge in [-0.05, 0) is 174 Å². The van der Waals surface area contributed by atoms with Crippen LogP contribution in [0.25, 0.3) is 66.8 Å². The Hall–Kier alpha value is -8.00. The summed E-state index contributed by atoms with van der Waals surface area (Å²) in [5.74, 6) is 2.42. The van der Waals surface area contributed by atoms with Gasteiger partial charge in [-0.2, -0.15) is 0 Å². The molecule has 2 fully saturated rings. The molecule has 0 aromatic heterocycles. The molecule has 328 valence electrons. The summed E-state index contributed by atoms with van der Waals surface area (Å²) in [6.07, 6.45) is 5.55. The lowest BCUT2D eigenvalue weighted by Gasteiger charge is -2.32. The fraction of sp³-hybridized carbons (Fsp3) is 0.118. The van der Waals surface area contributed by atoms with Crippen LogP contribution in [-0.4, -0.2) is 0 Å². The number of fused-ring (bicyclic) bond motifs is 12. The van der Waals surface area contributed by atoms with E-state index in [9.17, 15) is 0 Å². The molecule has 1 heteroatoms. The molecule has 0 amide bonds. The molecular weight excluding hydrogens is 831 g/mol. The van der Waals surface area contributed by atoms with Crippen molar-refractivity contribution in [3.63, 3.8) is 0 Å². The molecule has 2 saturated carbocycles.